The summed E-state index contributed by atoms with van der Waals surface area (Å²) in [4.78, 5) is 12.2. The molecule has 0 bridgehead atoms. The van der Waals surface area contributed by atoms with Crippen LogP contribution in [-0.4, -0.2) is 26.3 Å². The van der Waals surface area contributed by atoms with Crippen LogP contribution in [0.4, 0.5) is 0 Å². The lowest BCUT2D eigenvalue weighted by molar-refractivity contribution is -0.112. The van der Waals surface area contributed by atoms with E-state index in [2.05, 4.69) is 10.2 Å². The molecule has 3 rings (SSSR count). The van der Waals surface area contributed by atoms with Crippen molar-refractivity contribution in [2.24, 2.45) is 5.73 Å². The number of carbonyl (C=O) groups excluding carboxylic acids is 1. The van der Waals surface area contributed by atoms with Gasteiger partial charge in [-0.1, -0.05) is 42.1 Å². The van der Waals surface area contributed by atoms with E-state index in [0.29, 0.717) is 23.3 Å². The van der Waals surface area contributed by atoms with Gasteiger partial charge in [-0.2, -0.15) is 5.26 Å². The van der Waals surface area contributed by atoms with E-state index in [9.17, 15) is 4.79 Å². The maximum atomic E-state index is 12.2. The Labute approximate surface area is 160 Å². The molecule has 8 heteroatoms. The van der Waals surface area contributed by atoms with Gasteiger partial charge in [0.15, 0.2) is 16.7 Å². The first-order valence-corrected chi connectivity index (χ1v) is 9.12. The number of aromatic nitrogens is 3. The number of allylic oxidation sites excluding steroid dienone is 2. The zero-order valence-corrected chi connectivity index (χ0v) is 15.4. The highest BCUT2D eigenvalue weighted by Gasteiger charge is 2.19. The molecular weight excluding hydrogens is 362 g/mol. The third-order valence-corrected chi connectivity index (χ3v) is 4.73. The Bertz CT molecular complexity index is 997. The van der Waals surface area contributed by atoms with Crippen molar-refractivity contribution in [3.8, 4) is 17.7 Å². The van der Waals surface area contributed by atoms with Crippen molar-refractivity contribution in [2.45, 2.75) is 18.6 Å². The summed E-state index contributed by atoms with van der Waals surface area (Å²) in [6.07, 6.45) is 1.57. The molecule has 7 nitrogen and oxygen atoms in total. The van der Waals surface area contributed by atoms with Crippen LogP contribution in [0.5, 0.6) is 0 Å². The molecule has 2 heterocycles. The number of thioether (sulfide) groups is 1. The minimum atomic E-state index is -0.337. The predicted octanol–water partition coefficient (Wildman–Crippen LogP) is 3.00. The van der Waals surface area contributed by atoms with Crippen molar-refractivity contribution in [3.63, 3.8) is 0 Å². The second-order valence-corrected chi connectivity index (χ2v) is 6.68. The number of rotatable bonds is 7. The fourth-order valence-corrected chi connectivity index (χ4v) is 3.27. The quantitative estimate of drug-likeness (QED) is 0.381. The number of furan rings is 1. The number of Topliss-reactive ketones (excluding diaryl/α,β-unsaturated/α-hetero) is 1. The van der Waals surface area contributed by atoms with Gasteiger partial charge in [0.2, 0.25) is 5.82 Å². The number of benzene rings is 1. The summed E-state index contributed by atoms with van der Waals surface area (Å²) in [5.74, 6) is 0.871. The van der Waals surface area contributed by atoms with Gasteiger partial charge in [-0.3, -0.25) is 9.36 Å². The van der Waals surface area contributed by atoms with E-state index in [1.807, 2.05) is 41.0 Å². The molecule has 0 amide bonds. The topological polar surface area (TPSA) is 111 Å². The molecule has 136 valence electrons. The van der Waals surface area contributed by atoms with Gasteiger partial charge in [-0.25, -0.2) is 0 Å². The van der Waals surface area contributed by atoms with E-state index in [4.69, 9.17) is 15.4 Å². The minimum absolute atomic E-state index is 0.0251. The summed E-state index contributed by atoms with van der Waals surface area (Å²) in [7, 11) is 0. The monoisotopic (exact) mass is 379 g/mol. The molecule has 0 saturated carbocycles. The molecule has 0 atom stereocenters. The first-order chi connectivity index (χ1) is 13.1. The molecule has 3 aromatic rings. The summed E-state index contributed by atoms with van der Waals surface area (Å²) in [5.41, 5.74) is 6.85. The molecule has 0 spiro atoms. The molecule has 0 radical (unpaired) electrons. The Morgan fingerprint density at radius 2 is 2.04 bits per heavy atom. The third kappa shape index (κ3) is 4.27. The first kappa shape index (κ1) is 18.5. The van der Waals surface area contributed by atoms with E-state index in [0.717, 1.165) is 5.56 Å². The molecule has 2 aromatic heterocycles. The fourth-order valence-electron chi connectivity index (χ4n) is 2.46. The number of nitriles is 1. The molecule has 0 aliphatic heterocycles. The SMILES string of the molecule is CC(N)=C(C#N)C(=O)CSc1nnc(-c2ccco2)n1Cc1ccccc1. The zero-order chi connectivity index (χ0) is 19.2. The highest BCUT2D eigenvalue weighted by molar-refractivity contribution is 7.99. The molecule has 0 aliphatic carbocycles. The summed E-state index contributed by atoms with van der Waals surface area (Å²) in [5, 5.41) is 18.1. The number of hydrogen-bond donors (Lipinski definition) is 1. The summed E-state index contributed by atoms with van der Waals surface area (Å²) in [6.45, 7) is 2.06. The molecule has 0 fully saturated rings. The maximum Gasteiger partial charge on any atom is 0.200 e. The van der Waals surface area contributed by atoms with Crippen molar-refractivity contribution >= 4 is 17.5 Å². The van der Waals surface area contributed by atoms with Gasteiger partial charge in [-0.15, -0.1) is 10.2 Å². The number of nitrogens with two attached hydrogens (primary N) is 1. The number of carbonyl (C=O) groups is 1. The number of ketones is 1. The van der Waals surface area contributed by atoms with Crippen LogP contribution >= 0.6 is 11.8 Å². The highest BCUT2D eigenvalue weighted by atomic mass is 32.2. The van der Waals surface area contributed by atoms with Crippen LogP contribution in [0, 0.1) is 11.3 Å². The zero-order valence-electron chi connectivity index (χ0n) is 14.6. The van der Waals surface area contributed by atoms with Crippen molar-refractivity contribution in [1.29, 1.82) is 5.26 Å². The van der Waals surface area contributed by atoms with Crippen LogP contribution in [0.2, 0.25) is 0 Å². The summed E-state index contributed by atoms with van der Waals surface area (Å²) >= 11 is 1.21. The molecule has 0 unspecified atom stereocenters. The molecule has 0 saturated heterocycles. The van der Waals surface area contributed by atoms with E-state index in [1.54, 1.807) is 18.4 Å². The van der Waals surface area contributed by atoms with Gasteiger partial charge in [-0.05, 0) is 24.6 Å². The van der Waals surface area contributed by atoms with Crippen LogP contribution in [0.3, 0.4) is 0 Å². The molecular formula is C19H17N5O2S. The molecule has 1 aromatic carbocycles. The highest BCUT2D eigenvalue weighted by Crippen LogP contribution is 2.26. The lowest BCUT2D eigenvalue weighted by Gasteiger charge is -2.09. The normalized spacial score (nSPS) is 11.7. The van der Waals surface area contributed by atoms with Crippen molar-refractivity contribution < 1.29 is 9.21 Å². The minimum Gasteiger partial charge on any atom is -0.461 e. The Hall–Kier alpha value is -3.31. The van der Waals surface area contributed by atoms with Crippen molar-refractivity contribution in [1.82, 2.24) is 14.8 Å². The van der Waals surface area contributed by atoms with Crippen LogP contribution in [0.15, 0.2) is 69.6 Å². The maximum absolute atomic E-state index is 12.2. The summed E-state index contributed by atoms with van der Waals surface area (Å²) in [6, 6.07) is 15.3. The van der Waals surface area contributed by atoms with Gasteiger partial charge in [0, 0.05) is 5.70 Å². The van der Waals surface area contributed by atoms with Gasteiger partial charge in [0.25, 0.3) is 0 Å². The summed E-state index contributed by atoms with van der Waals surface area (Å²) < 4.78 is 7.34. The van der Waals surface area contributed by atoms with E-state index < -0.39 is 0 Å². The smallest absolute Gasteiger partial charge is 0.200 e. The van der Waals surface area contributed by atoms with Gasteiger partial charge >= 0.3 is 0 Å². The van der Waals surface area contributed by atoms with Gasteiger partial charge < -0.3 is 10.2 Å². The second-order valence-electron chi connectivity index (χ2n) is 5.74. The first-order valence-electron chi connectivity index (χ1n) is 8.13. The van der Waals surface area contributed by atoms with Crippen LogP contribution < -0.4 is 5.73 Å². The Balaban J connectivity index is 1.88. The van der Waals surface area contributed by atoms with E-state index in [1.165, 1.54) is 18.7 Å². The van der Waals surface area contributed by atoms with Crippen LogP contribution in [-0.2, 0) is 11.3 Å². The van der Waals surface area contributed by atoms with Crippen molar-refractivity contribution in [2.75, 3.05) is 5.75 Å². The van der Waals surface area contributed by atoms with Crippen LogP contribution in [0.1, 0.15) is 12.5 Å². The second kappa shape index (κ2) is 8.38. The van der Waals surface area contributed by atoms with Crippen LogP contribution in [0.25, 0.3) is 11.6 Å². The molecule has 2 N–H and O–H groups in total. The van der Waals surface area contributed by atoms with E-state index in [-0.39, 0.29) is 22.8 Å². The van der Waals surface area contributed by atoms with Gasteiger partial charge in [0.1, 0.15) is 11.6 Å². The van der Waals surface area contributed by atoms with Gasteiger partial charge in [0.05, 0.1) is 18.6 Å². The van der Waals surface area contributed by atoms with Crippen molar-refractivity contribution in [3.05, 3.63) is 65.6 Å². The fraction of sp³-hybridized carbons (Fsp3) is 0.158. The number of hydrogen-bond acceptors (Lipinski definition) is 7. The lowest BCUT2D eigenvalue weighted by Crippen LogP contribution is -2.11. The molecule has 27 heavy (non-hydrogen) atoms. The number of nitrogens with zero attached hydrogens (tertiary/aromatic N) is 4. The Morgan fingerprint density at radius 1 is 1.26 bits per heavy atom. The third-order valence-electron chi connectivity index (χ3n) is 3.76. The Kier molecular flexibility index (Phi) is 5.74. The largest absolute Gasteiger partial charge is 0.461 e. The Morgan fingerprint density at radius 3 is 2.67 bits per heavy atom. The van der Waals surface area contributed by atoms with E-state index >= 15 is 0 Å². The average molecular weight is 379 g/mol. The standard InChI is InChI=1S/C19H17N5O2S/c1-13(21)15(10-20)16(25)12-27-19-23-22-18(17-8-5-9-26-17)24(19)11-14-6-3-2-4-7-14/h2-9H,11-12,21H2,1H3. The average Bonchev–Trinajstić information content (AvgIpc) is 3.31. The lowest BCUT2D eigenvalue weighted by atomic mass is 10.2. The predicted molar refractivity (Wildman–Crippen MR) is 101 cm³/mol. The molecule has 0 aliphatic rings.